The molecular weight excluding hydrogens is 270 g/mol. The number of nitrogens with two attached hydrogens (primary N) is 1. The Labute approximate surface area is 118 Å². The summed E-state index contributed by atoms with van der Waals surface area (Å²) in [6.45, 7) is 2.04. The summed E-state index contributed by atoms with van der Waals surface area (Å²) < 4.78 is 6.85. The van der Waals surface area contributed by atoms with Crippen molar-refractivity contribution in [3.63, 3.8) is 0 Å². The van der Waals surface area contributed by atoms with Crippen LogP contribution < -0.4 is 5.73 Å². The lowest BCUT2D eigenvalue weighted by atomic mass is 10.2. The molecule has 0 aliphatic rings. The molecule has 0 bridgehead atoms. The maximum atomic E-state index is 5.81. The van der Waals surface area contributed by atoms with Crippen molar-refractivity contribution < 1.29 is 4.42 Å². The molecule has 2 aromatic carbocycles. The molecule has 0 amide bonds. The van der Waals surface area contributed by atoms with Gasteiger partial charge >= 0.3 is 0 Å². The van der Waals surface area contributed by atoms with Gasteiger partial charge in [0.1, 0.15) is 5.52 Å². The highest BCUT2D eigenvalue weighted by Crippen LogP contribution is 2.30. The summed E-state index contributed by atoms with van der Waals surface area (Å²) in [7, 11) is 0. The van der Waals surface area contributed by atoms with E-state index in [1.54, 1.807) is 0 Å². The Morgan fingerprint density at radius 1 is 1.05 bits per heavy atom. The molecule has 5 heteroatoms. The van der Waals surface area contributed by atoms with E-state index in [-0.39, 0.29) is 0 Å². The third-order valence-corrected chi connectivity index (χ3v) is 4.04. The first-order valence-corrected chi connectivity index (χ1v) is 7.04. The van der Waals surface area contributed by atoms with E-state index in [0.717, 1.165) is 26.9 Å². The van der Waals surface area contributed by atoms with E-state index in [1.165, 1.54) is 16.9 Å². The largest absolute Gasteiger partial charge is 0.436 e. The third-order valence-electron chi connectivity index (χ3n) is 3.19. The van der Waals surface area contributed by atoms with E-state index in [1.807, 2.05) is 43.3 Å². The van der Waals surface area contributed by atoms with Gasteiger partial charge in [0.25, 0.3) is 0 Å². The van der Waals surface area contributed by atoms with Crippen LogP contribution in [0.25, 0.3) is 32.8 Å². The molecule has 0 radical (unpaired) electrons. The van der Waals surface area contributed by atoms with Gasteiger partial charge in [0, 0.05) is 5.56 Å². The van der Waals surface area contributed by atoms with Crippen molar-refractivity contribution in [1.29, 1.82) is 0 Å². The summed E-state index contributed by atoms with van der Waals surface area (Å²) in [5, 5.41) is 0.574. The summed E-state index contributed by atoms with van der Waals surface area (Å²) in [5.74, 6) is 0.625. The highest BCUT2D eigenvalue weighted by Gasteiger charge is 2.10. The van der Waals surface area contributed by atoms with Gasteiger partial charge in [0.05, 0.1) is 10.2 Å². The van der Waals surface area contributed by atoms with Crippen LogP contribution in [0.5, 0.6) is 0 Å². The molecule has 4 nitrogen and oxygen atoms in total. The van der Waals surface area contributed by atoms with Crippen molar-refractivity contribution in [2.24, 2.45) is 0 Å². The van der Waals surface area contributed by atoms with E-state index in [2.05, 4.69) is 9.97 Å². The lowest BCUT2D eigenvalue weighted by Crippen LogP contribution is -1.79. The van der Waals surface area contributed by atoms with Gasteiger partial charge in [-0.25, -0.2) is 9.97 Å². The lowest BCUT2D eigenvalue weighted by molar-refractivity contribution is 0.620. The lowest BCUT2D eigenvalue weighted by Gasteiger charge is -1.94. The van der Waals surface area contributed by atoms with Crippen LogP contribution in [0.3, 0.4) is 0 Å². The van der Waals surface area contributed by atoms with Gasteiger partial charge in [-0.15, -0.1) is 0 Å². The fourth-order valence-electron chi connectivity index (χ4n) is 2.24. The number of oxazole rings is 1. The van der Waals surface area contributed by atoms with Gasteiger partial charge in [0.15, 0.2) is 10.7 Å². The zero-order chi connectivity index (χ0) is 13.7. The Kier molecular flexibility index (Phi) is 2.31. The van der Waals surface area contributed by atoms with Crippen molar-refractivity contribution in [2.45, 2.75) is 6.92 Å². The maximum Gasteiger partial charge on any atom is 0.227 e. The van der Waals surface area contributed by atoms with Gasteiger partial charge in [-0.3, -0.25) is 0 Å². The third kappa shape index (κ3) is 1.75. The summed E-state index contributed by atoms with van der Waals surface area (Å²) in [4.78, 5) is 8.79. The van der Waals surface area contributed by atoms with Crippen LogP contribution in [0.4, 0.5) is 5.13 Å². The van der Waals surface area contributed by atoms with Crippen LogP contribution in [0.15, 0.2) is 40.8 Å². The number of aromatic nitrogens is 2. The zero-order valence-corrected chi connectivity index (χ0v) is 11.6. The number of aryl methyl sites for hydroxylation is 1. The molecule has 2 heterocycles. The first-order chi connectivity index (χ1) is 9.69. The molecule has 4 rings (SSSR count). The van der Waals surface area contributed by atoms with Gasteiger partial charge in [-0.05, 0) is 42.8 Å². The Morgan fingerprint density at radius 2 is 1.95 bits per heavy atom. The number of hydrogen-bond donors (Lipinski definition) is 1. The van der Waals surface area contributed by atoms with Gasteiger partial charge < -0.3 is 10.2 Å². The Bertz CT molecular complexity index is 939. The Balaban J connectivity index is 1.90. The van der Waals surface area contributed by atoms with Gasteiger partial charge in [-0.2, -0.15) is 0 Å². The molecule has 0 fully saturated rings. The molecule has 0 unspecified atom stereocenters. The second-order valence-corrected chi connectivity index (χ2v) is 5.79. The fraction of sp³-hybridized carbons (Fsp3) is 0.0667. The van der Waals surface area contributed by atoms with Gasteiger partial charge in [0.2, 0.25) is 5.89 Å². The average Bonchev–Trinajstić information content (AvgIpc) is 2.99. The number of hydrogen-bond acceptors (Lipinski definition) is 5. The second kappa shape index (κ2) is 4.05. The van der Waals surface area contributed by atoms with Crippen LogP contribution >= 0.6 is 11.3 Å². The molecular formula is C15H11N3OS. The second-order valence-electron chi connectivity index (χ2n) is 4.72. The van der Waals surface area contributed by atoms with Crippen molar-refractivity contribution in [1.82, 2.24) is 9.97 Å². The van der Waals surface area contributed by atoms with Crippen molar-refractivity contribution in [3.05, 3.63) is 42.0 Å². The summed E-state index contributed by atoms with van der Waals surface area (Å²) >= 11 is 1.47. The normalized spacial score (nSPS) is 11.4. The topological polar surface area (TPSA) is 64.9 Å². The molecule has 20 heavy (non-hydrogen) atoms. The first kappa shape index (κ1) is 11.4. The zero-order valence-electron chi connectivity index (χ0n) is 10.8. The highest BCUT2D eigenvalue weighted by atomic mass is 32.1. The minimum absolute atomic E-state index is 0.574. The molecule has 98 valence electrons. The molecule has 2 aromatic heterocycles. The maximum absolute atomic E-state index is 5.81. The number of benzene rings is 2. The molecule has 0 saturated heterocycles. The standard InChI is InChI=1S/C15H11N3OS/c1-8-2-5-12-11(6-8)17-14(19-12)9-3-4-10-13(7-9)20-15(16)18-10/h2-7H,1H3,(H2,16,18). The highest BCUT2D eigenvalue weighted by molar-refractivity contribution is 7.22. The predicted octanol–water partition coefficient (Wildman–Crippen LogP) is 4.00. The summed E-state index contributed by atoms with van der Waals surface area (Å²) in [6.07, 6.45) is 0. The number of anilines is 1. The van der Waals surface area contributed by atoms with Crippen molar-refractivity contribution >= 4 is 37.8 Å². The quantitative estimate of drug-likeness (QED) is 0.573. The first-order valence-electron chi connectivity index (χ1n) is 6.23. The van der Waals surface area contributed by atoms with Crippen LogP contribution in [0.2, 0.25) is 0 Å². The van der Waals surface area contributed by atoms with Crippen LogP contribution in [-0.2, 0) is 0 Å². The predicted molar refractivity (Wildman–Crippen MR) is 81.8 cm³/mol. The van der Waals surface area contributed by atoms with E-state index < -0.39 is 0 Å². The number of fused-ring (bicyclic) bond motifs is 2. The number of rotatable bonds is 1. The minimum Gasteiger partial charge on any atom is -0.436 e. The molecule has 4 aromatic rings. The van der Waals surface area contributed by atoms with Crippen molar-refractivity contribution in [2.75, 3.05) is 5.73 Å². The van der Waals surface area contributed by atoms with E-state index >= 15 is 0 Å². The van der Waals surface area contributed by atoms with E-state index in [9.17, 15) is 0 Å². The van der Waals surface area contributed by atoms with Gasteiger partial charge in [-0.1, -0.05) is 17.4 Å². The molecule has 0 aliphatic carbocycles. The average molecular weight is 281 g/mol. The van der Waals surface area contributed by atoms with E-state index in [4.69, 9.17) is 10.2 Å². The molecule has 0 saturated carbocycles. The van der Waals surface area contributed by atoms with Crippen molar-refractivity contribution in [3.8, 4) is 11.5 Å². The SMILES string of the molecule is Cc1ccc2oc(-c3ccc4nc(N)sc4c3)nc2c1. The number of nitrogen functional groups attached to an aromatic ring is 1. The molecule has 2 N–H and O–H groups in total. The van der Waals surface area contributed by atoms with E-state index in [0.29, 0.717) is 11.0 Å². The smallest absolute Gasteiger partial charge is 0.227 e. The fourth-order valence-corrected chi connectivity index (χ4v) is 3.01. The molecule has 0 aliphatic heterocycles. The number of nitrogens with zero attached hydrogens (tertiary/aromatic N) is 2. The molecule has 0 spiro atoms. The summed E-state index contributed by atoms with van der Waals surface area (Å²) in [6, 6.07) is 11.9. The van der Waals surface area contributed by atoms with Crippen LogP contribution in [0.1, 0.15) is 5.56 Å². The summed E-state index contributed by atoms with van der Waals surface area (Å²) in [5.41, 5.74) is 10.4. The Morgan fingerprint density at radius 3 is 2.85 bits per heavy atom. The van der Waals surface area contributed by atoms with Crippen LogP contribution in [0, 0.1) is 6.92 Å². The Hall–Kier alpha value is -2.40. The van der Waals surface area contributed by atoms with Crippen LogP contribution in [-0.4, -0.2) is 9.97 Å². The molecule has 0 atom stereocenters. The number of thiazole rings is 1. The minimum atomic E-state index is 0.574. The monoisotopic (exact) mass is 281 g/mol.